The fourth-order valence-electron chi connectivity index (χ4n) is 3.77. The summed E-state index contributed by atoms with van der Waals surface area (Å²) in [6.07, 6.45) is 3.73. The van der Waals surface area contributed by atoms with E-state index < -0.39 is 0 Å². The topological polar surface area (TPSA) is 61.4 Å². The summed E-state index contributed by atoms with van der Waals surface area (Å²) in [6, 6.07) is 8.76. The summed E-state index contributed by atoms with van der Waals surface area (Å²) in [5.41, 5.74) is 2.15. The molecule has 5 nitrogen and oxygen atoms in total. The predicted molar refractivity (Wildman–Crippen MR) is 93.5 cm³/mol. The van der Waals surface area contributed by atoms with E-state index in [2.05, 4.69) is 10.6 Å². The molecule has 2 N–H and O–H groups in total. The third-order valence-electron chi connectivity index (χ3n) is 5.11. The van der Waals surface area contributed by atoms with Gasteiger partial charge in [0.05, 0.1) is 12.5 Å². The molecule has 2 aliphatic rings. The molecule has 2 amide bonds. The van der Waals surface area contributed by atoms with Gasteiger partial charge in [0.15, 0.2) is 0 Å². The van der Waals surface area contributed by atoms with E-state index in [1.54, 1.807) is 0 Å². The molecule has 24 heavy (non-hydrogen) atoms. The minimum absolute atomic E-state index is 0.107. The highest BCUT2D eigenvalue weighted by Crippen LogP contribution is 2.23. The molecule has 1 aromatic rings. The number of amides is 2. The van der Waals surface area contributed by atoms with Crippen LogP contribution in [-0.2, 0) is 9.59 Å². The summed E-state index contributed by atoms with van der Waals surface area (Å²) >= 11 is 0. The molecule has 2 saturated heterocycles. The van der Waals surface area contributed by atoms with Crippen molar-refractivity contribution in [2.75, 3.05) is 13.1 Å². The van der Waals surface area contributed by atoms with Crippen LogP contribution in [-0.4, -0.2) is 41.9 Å². The number of hydrogen-bond donors (Lipinski definition) is 2. The van der Waals surface area contributed by atoms with E-state index in [0.29, 0.717) is 18.5 Å². The molecule has 0 saturated carbocycles. The van der Waals surface area contributed by atoms with Crippen molar-refractivity contribution in [3.8, 4) is 0 Å². The first-order valence-electron chi connectivity index (χ1n) is 8.89. The molecule has 2 bridgehead atoms. The Bertz CT molecular complexity index is 599. The molecule has 2 heterocycles. The Morgan fingerprint density at radius 2 is 1.92 bits per heavy atom. The van der Waals surface area contributed by atoms with Gasteiger partial charge in [0.2, 0.25) is 11.8 Å². The highest BCUT2D eigenvalue weighted by atomic mass is 16.2. The SMILES string of the molecule is CC(=O)NC(CC(=O)N1CCC2CCC(C1)N2)c1ccc(C)cc1. The lowest BCUT2D eigenvalue weighted by Gasteiger charge is -2.27. The first-order chi connectivity index (χ1) is 11.5. The summed E-state index contributed by atoms with van der Waals surface area (Å²) in [6.45, 7) is 5.13. The smallest absolute Gasteiger partial charge is 0.225 e. The minimum atomic E-state index is -0.260. The average Bonchev–Trinajstić information content (AvgIpc) is 2.86. The second-order valence-corrected chi connectivity index (χ2v) is 7.13. The molecular formula is C19H27N3O2. The van der Waals surface area contributed by atoms with Crippen molar-refractivity contribution in [3.05, 3.63) is 35.4 Å². The van der Waals surface area contributed by atoms with E-state index in [0.717, 1.165) is 31.5 Å². The minimum Gasteiger partial charge on any atom is -0.349 e. The molecule has 3 unspecified atom stereocenters. The van der Waals surface area contributed by atoms with Crippen LogP contribution >= 0.6 is 0 Å². The number of hydrogen-bond acceptors (Lipinski definition) is 3. The van der Waals surface area contributed by atoms with Crippen molar-refractivity contribution in [1.82, 2.24) is 15.5 Å². The molecule has 130 valence electrons. The third kappa shape index (κ3) is 4.15. The zero-order valence-corrected chi connectivity index (χ0v) is 14.5. The van der Waals surface area contributed by atoms with Crippen molar-refractivity contribution in [2.24, 2.45) is 0 Å². The molecule has 2 fully saturated rings. The number of fused-ring (bicyclic) bond motifs is 2. The monoisotopic (exact) mass is 329 g/mol. The molecule has 1 aromatic carbocycles. The van der Waals surface area contributed by atoms with Crippen molar-refractivity contribution in [3.63, 3.8) is 0 Å². The number of benzene rings is 1. The zero-order valence-electron chi connectivity index (χ0n) is 14.5. The highest BCUT2D eigenvalue weighted by molar-refractivity contribution is 5.79. The lowest BCUT2D eigenvalue weighted by molar-refractivity contribution is -0.132. The first kappa shape index (κ1) is 17.0. The Kier molecular flexibility index (Phi) is 5.19. The molecule has 0 aliphatic carbocycles. The lowest BCUT2D eigenvalue weighted by Crippen LogP contribution is -2.41. The second-order valence-electron chi connectivity index (χ2n) is 7.13. The molecule has 3 atom stereocenters. The second kappa shape index (κ2) is 7.34. The zero-order chi connectivity index (χ0) is 17.1. The van der Waals surface area contributed by atoms with E-state index >= 15 is 0 Å². The van der Waals surface area contributed by atoms with Crippen LogP contribution in [0.3, 0.4) is 0 Å². The number of nitrogens with one attached hydrogen (secondary N) is 2. The van der Waals surface area contributed by atoms with Crippen molar-refractivity contribution >= 4 is 11.8 Å². The molecule has 5 heteroatoms. The maximum atomic E-state index is 12.8. The summed E-state index contributed by atoms with van der Waals surface area (Å²) < 4.78 is 0. The number of rotatable bonds is 4. The summed E-state index contributed by atoms with van der Waals surface area (Å²) in [5.74, 6) is 0.0219. The Labute approximate surface area is 143 Å². The van der Waals surface area contributed by atoms with Crippen LogP contribution in [0.1, 0.15) is 49.8 Å². The number of likely N-dealkylation sites (tertiary alicyclic amines) is 1. The van der Waals surface area contributed by atoms with Gasteiger partial charge in [-0.05, 0) is 31.7 Å². The van der Waals surface area contributed by atoms with Gasteiger partial charge >= 0.3 is 0 Å². The fraction of sp³-hybridized carbons (Fsp3) is 0.579. The molecular weight excluding hydrogens is 302 g/mol. The number of aryl methyl sites for hydroxylation is 1. The molecule has 0 spiro atoms. The maximum absolute atomic E-state index is 12.8. The van der Waals surface area contributed by atoms with Gasteiger partial charge < -0.3 is 15.5 Å². The standard InChI is InChI=1S/C19H27N3O2/c1-13-3-5-15(6-4-13)18(20-14(2)23)11-19(24)22-10-9-16-7-8-17(12-22)21-16/h3-6,16-18,21H,7-12H2,1-2H3,(H,20,23). The maximum Gasteiger partial charge on any atom is 0.225 e. The van der Waals surface area contributed by atoms with E-state index in [4.69, 9.17) is 0 Å². The van der Waals surface area contributed by atoms with Gasteiger partial charge in [0.1, 0.15) is 0 Å². The van der Waals surface area contributed by atoms with Gasteiger partial charge in [-0.15, -0.1) is 0 Å². The van der Waals surface area contributed by atoms with Gasteiger partial charge in [-0.3, -0.25) is 9.59 Å². The molecule has 0 aromatic heterocycles. The molecule has 2 aliphatic heterocycles. The number of nitrogens with zero attached hydrogens (tertiary/aromatic N) is 1. The van der Waals surface area contributed by atoms with Crippen LogP contribution in [0.4, 0.5) is 0 Å². The summed E-state index contributed by atoms with van der Waals surface area (Å²) in [7, 11) is 0. The van der Waals surface area contributed by atoms with Crippen molar-refractivity contribution in [1.29, 1.82) is 0 Å². The quantitative estimate of drug-likeness (QED) is 0.887. The van der Waals surface area contributed by atoms with E-state index in [9.17, 15) is 9.59 Å². The van der Waals surface area contributed by atoms with Crippen LogP contribution in [0.2, 0.25) is 0 Å². The van der Waals surface area contributed by atoms with Gasteiger partial charge in [-0.25, -0.2) is 0 Å². The molecule has 3 rings (SSSR count). The van der Waals surface area contributed by atoms with Crippen molar-refractivity contribution in [2.45, 2.75) is 57.7 Å². The third-order valence-corrected chi connectivity index (χ3v) is 5.11. The first-order valence-corrected chi connectivity index (χ1v) is 8.89. The summed E-state index contributed by atoms with van der Waals surface area (Å²) in [5, 5.41) is 6.53. The van der Waals surface area contributed by atoms with Crippen LogP contribution < -0.4 is 10.6 Å². The Balaban J connectivity index is 1.68. The Hall–Kier alpha value is -1.88. The van der Waals surface area contributed by atoms with Crippen LogP contribution in [0.15, 0.2) is 24.3 Å². The fourth-order valence-corrected chi connectivity index (χ4v) is 3.77. The lowest BCUT2D eigenvalue weighted by atomic mass is 10.0. The molecule has 0 radical (unpaired) electrons. The van der Waals surface area contributed by atoms with E-state index in [1.165, 1.54) is 18.9 Å². The highest BCUT2D eigenvalue weighted by Gasteiger charge is 2.32. The Morgan fingerprint density at radius 1 is 1.21 bits per heavy atom. The van der Waals surface area contributed by atoms with E-state index in [1.807, 2.05) is 36.1 Å². The van der Waals surface area contributed by atoms with Gasteiger partial charge in [0, 0.05) is 32.1 Å². The van der Waals surface area contributed by atoms with Crippen LogP contribution in [0.5, 0.6) is 0 Å². The van der Waals surface area contributed by atoms with Gasteiger partial charge in [-0.2, -0.15) is 0 Å². The van der Waals surface area contributed by atoms with Gasteiger partial charge in [0.25, 0.3) is 0 Å². The normalized spacial score (nSPS) is 24.3. The van der Waals surface area contributed by atoms with Crippen molar-refractivity contribution < 1.29 is 9.59 Å². The van der Waals surface area contributed by atoms with Gasteiger partial charge in [-0.1, -0.05) is 29.8 Å². The number of carbonyl (C=O) groups is 2. The number of carbonyl (C=O) groups excluding carboxylic acids is 2. The largest absolute Gasteiger partial charge is 0.349 e. The predicted octanol–water partition coefficient (Wildman–Crippen LogP) is 1.92. The average molecular weight is 329 g/mol. The van der Waals surface area contributed by atoms with E-state index in [-0.39, 0.29) is 17.9 Å². The Morgan fingerprint density at radius 3 is 2.62 bits per heavy atom. The van der Waals surface area contributed by atoms with Crippen LogP contribution in [0, 0.1) is 6.92 Å². The summed E-state index contributed by atoms with van der Waals surface area (Å²) in [4.78, 5) is 26.3. The van der Waals surface area contributed by atoms with Crippen LogP contribution in [0.25, 0.3) is 0 Å².